The zero-order chi connectivity index (χ0) is 19.2. The van der Waals surface area contributed by atoms with Crippen LogP contribution in [-0.4, -0.2) is 23.9 Å². The minimum Gasteiger partial charge on any atom is -0.480 e. The van der Waals surface area contributed by atoms with Crippen LogP contribution >= 0.6 is 11.6 Å². The van der Waals surface area contributed by atoms with E-state index in [1.165, 1.54) is 6.07 Å². The fourth-order valence-electron chi connectivity index (χ4n) is 3.25. The van der Waals surface area contributed by atoms with Crippen LogP contribution in [0.3, 0.4) is 0 Å². The molecule has 4 amide bonds. The summed E-state index contributed by atoms with van der Waals surface area (Å²) < 4.78 is 19.4. The highest BCUT2D eigenvalue weighted by molar-refractivity contribution is 6.30. The lowest BCUT2D eigenvalue weighted by Crippen LogP contribution is -2.53. The van der Waals surface area contributed by atoms with E-state index in [2.05, 4.69) is 16.0 Å². The molecule has 2 aromatic carbocycles. The predicted octanol–water partition coefficient (Wildman–Crippen LogP) is 2.30. The van der Waals surface area contributed by atoms with Crippen LogP contribution in [0.25, 0.3) is 0 Å². The lowest BCUT2D eigenvalue weighted by atomic mass is 9.81. The third kappa shape index (κ3) is 2.97. The monoisotopic (exact) mass is 389 g/mol. The molecule has 0 bridgehead atoms. The SMILES string of the molecule is O=C1NC(=O)C2(CC(C(=O)Nc3ccc(Cl)cc3)Oc3ccc(F)cc32)N1. The van der Waals surface area contributed by atoms with Gasteiger partial charge in [-0.3, -0.25) is 14.9 Å². The number of hydrogen-bond donors (Lipinski definition) is 3. The summed E-state index contributed by atoms with van der Waals surface area (Å²) in [7, 11) is 0. The molecule has 27 heavy (non-hydrogen) atoms. The largest absolute Gasteiger partial charge is 0.480 e. The predicted molar refractivity (Wildman–Crippen MR) is 93.9 cm³/mol. The molecule has 2 aliphatic heterocycles. The summed E-state index contributed by atoms with van der Waals surface area (Å²) in [4.78, 5) is 36.9. The van der Waals surface area contributed by atoms with E-state index in [9.17, 15) is 18.8 Å². The van der Waals surface area contributed by atoms with Gasteiger partial charge in [0, 0.05) is 22.7 Å². The summed E-state index contributed by atoms with van der Waals surface area (Å²) in [6.07, 6.45) is -1.26. The quantitative estimate of drug-likeness (QED) is 0.687. The maximum absolute atomic E-state index is 13.7. The summed E-state index contributed by atoms with van der Waals surface area (Å²) in [5.41, 5.74) is -0.914. The molecule has 2 aliphatic rings. The van der Waals surface area contributed by atoms with E-state index in [1.54, 1.807) is 24.3 Å². The van der Waals surface area contributed by atoms with Crippen molar-refractivity contribution in [2.24, 2.45) is 0 Å². The topological polar surface area (TPSA) is 96.5 Å². The van der Waals surface area contributed by atoms with Gasteiger partial charge in [0.15, 0.2) is 11.6 Å². The average Bonchev–Trinajstić information content (AvgIpc) is 2.91. The van der Waals surface area contributed by atoms with E-state index in [0.717, 1.165) is 12.1 Å². The molecule has 1 spiro atoms. The molecule has 9 heteroatoms. The van der Waals surface area contributed by atoms with Crippen LogP contribution in [0.1, 0.15) is 12.0 Å². The van der Waals surface area contributed by atoms with Crippen LogP contribution in [0.2, 0.25) is 5.02 Å². The van der Waals surface area contributed by atoms with Crippen LogP contribution in [-0.2, 0) is 15.1 Å². The first-order valence-electron chi connectivity index (χ1n) is 8.04. The fraction of sp³-hybridized carbons (Fsp3) is 0.167. The van der Waals surface area contributed by atoms with Crippen LogP contribution in [0.15, 0.2) is 42.5 Å². The molecule has 3 N–H and O–H groups in total. The molecule has 2 aromatic rings. The third-order valence-electron chi connectivity index (χ3n) is 4.51. The van der Waals surface area contributed by atoms with Crippen LogP contribution < -0.4 is 20.7 Å². The van der Waals surface area contributed by atoms with E-state index in [-0.39, 0.29) is 17.7 Å². The lowest BCUT2D eigenvalue weighted by Gasteiger charge is -2.36. The molecule has 1 saturated heterocycles. The van der Waals surface area contributed by atoms with E-state index in [4.69, 9.17) is 16.3 Å². The molecular formula is C18H13ClFN3O4. The summed E-state index contributed by atoms with van der Waals surface area (Å²) in [5, 5.41) is 7.84. The molecule has 0 aliphatic carbocycles. The van der Waals surface area contributed by atoms with Crippen molar-refractivity contribution in [1.82, 2.24) is 10.6 Å². The maximum Gasteiger partial charge on any atom is 0.322 e. The van der Waals surface area contributed by atoms with Crippen molar-refractivity contribution in [3.05, 3.63) is 58.9 Å². The second kappa shape index (κ2) is 6.24. The Hall–Kier alpha value is -3.13. The van der Waals surface area contributed by atoms with Gasteiger partial charge < -0.3 is 15.4 Å². The maximum atomic E-state index is 13.7. The van der Waals surface area contributed by atoms with Crippen LogP contribution in [0.4, 0.5) is 14.9 Å². The number of carbonyl (C=O) groups is 3. The number of amides is 4. The smallest absolute Gasteiger partial charge is 0.322 e. The van der Waals surface area contributed by atoms with Gasteiger partial charge in [-0.2, -0.15) is 0 Å². The minimum atomic E-state index is -1.57. The van der Waals surface area contributed by atoms with E-state index in [0.29, 0.717) is 10.7 Å². The molecule has 7 nitrogen and oxygen atoms in total. The second-order valence-electron chi connectivity index (χ2n) is 6.26. The number of anilines is 1. The zero-order valence-electron chi connectivity index (χ0n) is 13.7. The number of imide groups is 1. The number of urea groups is 1. The van der Waals surface area contributed by atoms with Crippen molar-refractivity contribution in [2.45, 2.75) is 18.1 Å². The number of benzene rings is 2. The highest BCUT2D eigenvalue weighted by Gasteiger charge is 2.54. The first-order chi connectivity index (χ1) is 12.9. The molecule has 1 fully saturated rings. The summed E-state index contributed by atoms with van der Waals surface area (Å²) >= 11 is 5.82. The number of rotatable bonds is 2. The van der Waals surface area contributed by atoms with Gasteiger partial charge in [-0.05, 0) is 42.5 Å². The van der Waals surface area contributed by atoms with Crippen molar-refractivity contribution in [1.29, 1.82) is 0 Å². The Morgan fingerprint density at radius 2 is 1.96 bits per heavy atom. The Bertz CT molecular complexity index is 966. The molecular weight excluding hydrogens is 377 g/mol. The van der Waals surface area contributed by atoms with Crippen molar-refractivity contribution >= 4 is 35.1 Å². The fourth-order valence-corrected chi connectivity index (χ4v) is 3.37. The molecule has 2 heterocycles. The normalized spacial score (nSPS) is 23.3. The van der Waals surface area contributed by atoms with Crippen molar-refractivity contribution in [2.75, 3.05) is 5.32 Å². The number of halogens is 2. The second-order valence-corrected chi connectivity index (χ2v) is 6.70. The number of carbonyl (C=O) groups excluding carboxylic acids is 3. The van der Waals surface area contributed by atoms with Gasteiger partial charge in [0.25, 0.3) is 11.8 Å². The van der Waals surface area contributed by atoms with Crippen LogP contribution in [0.5, 0.6) is 5.75 Å². The lowest BCUT2D eigenvalue weighted by molar-refractivity contribution is -0.129. The van der Waals surface area contributed by atoms with Gasteiger partial charge in [-0.15, -0.1) is 0 Å². The molecule has 0 radical (unpaired) electrons. The Labute approximate surface area is 157 Å². The van der Waals surface area contributed by atoms with Gasteiger partial charge in [0.2, 0.25) is 0 Å². The minimum absolute atomic E-state index is 0.149. The Kier molecular flexibility index (Phi) is 4.00. The van der Waals surface area contributed by atoms with Gasteiger partial charge >= 0.3 is 6.03 Å². The van der Waals surface area contributed by atoms with E-state index >= 15 is 0 Å². The molecule has 138 valence electrons. The Morgan fingerprint density at radius 1 is 1.22 bits per heavy atom. The number of nitrogens with one attached hydrogen (secondary N) is 3. The number of hydrogen-bond acceptors (Lipinski definition) is 4. The summed E-state index contributed by atoms with van der Waals surface area (Å²) in [6, 6.07) is 9.35. The zero-order valence-corrected chi connectivity index (χ0v) is 14.5. The molecule has 4 rings (SSSR count). The Morgan fingerprint density at radius 3 is 2.63 bits per heavy atom. The van der Waals surface area contributed by atoms with E-state index < -0.39 is 35.3 Å². The first-order valence-corrected chi connectivity index (χ1v) is 8.42. The third-order valence-corrected chi connectivity index (χ3v) is 4.76. The average molecular weight is 390 g/mol. The Balaban J connectivity index is 1.67. The van der Waals surface area contributed by atoms with Crippen LogP contribution in [0, 0.1) is 5.82 Å². The van der Waals surface area contributed by atoms with Crippen molar-refractivity contribution < 1.29 is 23.5 Å². The molecule has 0 saturated carbocycles. The van der Waals surface area contributed by atoms with Gasteiger partial charge in [-0.1, -0.05) is 11.6 Å². The molecule has 0 aromatic heterocycles. The number of ether oxygens (including phenoxy) is 1. The van der Waals surface area contributed by atoms with Gasteiger partial charge in [0.1, 0.15) is 11.6 Å². The van der Waals surface area contributed by atoms with E-state index in [1.807, 2.05) is 0 Å². The standard InChI is InChI=1S/C18H13ClFN3O4/c19-9-1-4-11(5-2-9)21-15(24)14-8-18(16(25)22-17(26)23-18)12-7-10(20)3-6-13(12)27-14/h1-7,14H,8H2,(H,21,24)(H2,22,23,25,26). The summed E-state index contributed by atoms with van der Waals surface area (Å²) in [6.45, 7) is 0. The summed E-state index contributed by atoms with van der Waals surface area (Å²) in [5.74, 6) is -1.61. The van der Waals surface area contributed by atoms with Gasteiger partial charge in [-0.25, -0.2) is 9.18 Å². The highest BCUT2D eigenvalue weighted by Crippen LogP contribution is 2.41. The van der Waals surface area contributed by atoms with Crippen molar-refractivity contribution in [3.63, 3.8) is 0 Å². The molecule has 2 atom stereocenters. The number of fused-ring (bicyclic) bond motifs is 2. The van der Waals surface area contributed by atoms with Gasteiger partial charge in [0.05, 0.1) is 0 Å². The van der Waals surface area contributed by atoms with Crippen molar-refractivity contribution in [3.8, 4) is 5.75 Å². The first kappa shape index (κ1) is 17.3. The highest BCUT2D eigenvalue weighted by atomic mass is 35.5. The molecule has 2 unspecified atom stereocenters.